The van der Waals surface area contributed by atoms with E-state index in [-0.39, 0.29) is 11.6 Å². The van der Waals surface area contributed by atoms with Crippen molar-refractivity contribution in [1.82, 2.24) is 19.5 Å². The van der Waals surface area contributed by atoms with Crippen LogP contribution in [0.1, 0.15) is 29.4 Å². The SMILES string of the molecule is Cc1cccc(C)c1-n1c(C)nc2nc(N3c4ccccc4CC3C)[nH]c(=O)c2c1=S. The van der Waals surface area contributed by atoms with E-state index in [0.717, 1.165) is 28.9 Å². The van der Waals surface area contributed by atoms with Crippen molar-refractivity contribution in [1.29, 1.82) is 0 Å². The standard InChI is InChI=1S/C24H23N5OS/c1-13-8-7-9-14(2)20(13)29-16(4)25-21-19(23(29)31)22(30)27-24(26-21)28-15(3)12-17-10-5-6-11-18(17)28/h5-11,15H,12H2,1-4H3,(H,26,27,30). The highest BCUT2D eigenvalue weighted by Crippen LogP contribution is 2.36. The number of H-pyrrole nitrogens is 1. The van der Waals surface area contributed by atoms with Crippen LogP contribution in [0.4, 0.5) is 11.6 Å². The lowest BCUT2D eigenvalue weighted by Gasteiger charge is -2.23. The number of nitrogens with one attached hydrogen (secondary N) is 1. The van der Waals surface area contributed by atoms with Crippen LogP contribution in [0.15, 0.2) is 47.3 Å². The largest absolute Gasteiger partial charge is 0.309 e. The highest BCUT2D eigenvalue weighted by atomic mass is 32.1. The molecular weight excluding hydrogens is 406 g/mol. The van der Waals surface area contributed by atoms with Gasteiger partial charge in [-0.1, -0.05) is 48.6 Å². The molecule has 0 saturated heterocycles. The van der Waals surface area contributed by atoms with Crippen LogP contribution in [-0.2, 0) is 6.42 Å². The molecule has 0 radical (unpaired) electrons. The van der Waals surface area contributed by atoms with Crippen LogP contribution in [-0.4, -0.2) is 25.6 Å². The van der Waals surface area contributed by atoms with E-state index in [4.69, 9.17) is 22.2 Å². The molecule has 1 aliphatic heterocycles. The topological polar surface area (TPSA) is 66.8 Å². The summed E-state index contributed by atoms with van der Waals surface area (Å²) >= 11 is 5.78. The predicted octanol–water partition coefficient (Wildman–Crippen LogP) is 4.85. The Morgan fingerprint density at radius 3 is 2.48 bits per heavy atom. The van der Waals surface area contributed by atoms with Crippen LogP contribution in [0.25, 0.3) is 16.7 Å². The summed E-state index contributed by atoms with van der Waals surface area (Å²) in [7, 11) is 0. The van der Waals surface area contributed by atoms with Gasteiger partial charge in [0.15, 0.2) is 5.65 Å². The maximum atomic E-state index is 13.2. The number of para-hydroxylation sites is 2. The van der Waals surface area contributed by atoms with E-state index >= 15 is 0 Å². The Kier molecular flexibility index (Phi) is 4.51. The fourth-order valence-corrected chi connectivity index (χ4v) is 5.02. The molecule has 1 unspecified atom stereocenters. The van der Waals surface area contributed by atoms with Crippen LogP contribution in [0.5, 0.6) is 0 Å². The van der Waals surface area contributed by atoms with Crippen molar-refractivity contribution in [3.8, 4) is 5.69 Å². The lowest BCUT2D eigenvalue weighted by Crippen LogP contribution is -2.28. The van der Waals surface area contributed by atoms with Gasteiger partial charge in [0.05, 0.1) is 5.69 Å². The second-order valence-corrected chi connectivity index (χ2v) is 8.57. The fourth-order valence-electron chi connectivity index (χ4n) is 4.61. The molecule has 2 aromatic carbocycles. The average molecular weight is 430 g/mol. The predicted molar refractivity (Wildman–Crippen MR) is 126 cm³/mol. The van der Waals surface area contributed by atoms with Gasteiger partial charge in [-0.05, 0) is 56.9 Å². The molecule has 1 aliphatic rings. The summed E-state index contributed by atoms with van der Waals surface area (Å²) in [5, 5.41) is 0.340. The third-order valence-corrected chi connectivity index (χ3v) is 6.38. The summed E-state index contributed by atoms with van der Waals surface area (Å²) in [4.78, 5) is 27.7. The molecule has 31 heavy (non-hydrogen) atoms. The number of hydrogen-bond acceptors (Lipinski definition) is 5. The summed E-state index contributed by atoms with van der Waals surface area (Å²) in [6.07, 6.45) is 0.901. The summed E-state index contributed by atoms with van der Waals surface area (Å²) in [6.45, 7) is 8.09. The third kappa shape index (κ3) is 2.99. The molecule has 0 spiro atoms. The monoisotopic (exact) mass is 429 g/mol. The van der Waals surface area contributed by atoms with E-state index in [1.54, 1.807) is 0 Å². The summed E-state index contributed by atoms with van der Waals surface area (Å²) in [5.74, 6) is 1.20. The maximum absolute atomic E-state index is 13.2. The van der Waals surface area contributed by atoms with Crippen LogP contribution < -0.4 is 10.5 Å². The Morgan fingerprint density at radius 2 is 1.74 bits per heavy atom. The van der Waals surface area contributed by atoms with Crippen LogP contribution in [0.2, 0.25) is 0 Å². The van der Waals surface area contributed by atoms with Crippen molar-refractivity contribution in [2.45, 2.75) is 40.2 Å². The number of benzene rings is 2. The van der Waals surface area contributed by atoms with Gasteiger partial charge in [0, 0.05) is 11.7 Å². The van der Waals surface area contributed by atoms with Crippen LogP contribution >= 0.6 is 12.2 Å². The van der Waals surface area contributed by atoms with Gasteiger partial charge in [0.2, 0.25) is 5.95 Å². The Bertz CT molecular complexity index is 1450. The quantitative estimate of drug-likeness (QED) is 0.462. The Hall–Kier alpha value is -3.32. The van der Waals surface area contributed by atoms with Crippen molar-refractivity contribution < 1.29 is 0 Å². The van der Waals surface area contributed by atoms with Crippen LogP contribution in [0.3, 0.4) is 0 Å². The second-order valence-electron chi connectivity index (χ2n) is 8.18. The molecule has 1 atom stereocenters. The Balaban J connectivity index is 1.75. The molecule has 3 heterocycles. The molecule has 156 valence electrons. The number of anilines is 2. The summed E-state index contributed by atoms with van der Waals surface area (Å²) < 4.78 is 2.31. The zero-order valence-corrected chi connectivity index (χ0v) is 18.7. The summed E-state index contributed by atoms with van der Waals surface area (Å²) in [6, 6.07) is 14.5. The number of hydrogen-bond donors (Lipinski definition) is 1. The zero-order valence-electron chi connectivity index (χ0n) is 17.9. The van der Waals surface area contributed by atoms with E-state index < -0.39 is 0 Å². The normalized spacial score (nSPS) is 15.5. The Labute approximate surface area is 185 Å². The molecule has 0 bridgehead atoms. The van der Waals surface area contributed by atoms with Gasteiger partial charge in [-0.3, -0.25) is 14.3 Å². The van der Waals surface area contributed by atoms with E-state index in [1.807, 2.05) is 55.7 Å². The van der Waals surface area contributed by atoms with Crippen molar-refractivity contribution >= 4 is 34.9 Å². The number of fused-ring (bicyclic) bond motifs is 2. The first-order valence-electron chi connectivity index (χ1n) is 10.3. The molecule has 7 heteroatoms. The second kappa shape index (κ2) is 7.13. The van der Waals surface area contributed by atoms with Crippen molar-refractivity contribution in [2.24, 2.45) is 0 Å². The molecule has 2 aromatic heterocycles. The molecule has 0 saturated carbocycles. The lowest BCUT2D eigenvalue weighted by atomic mass is 10.1. The first kappa shape index (κ1) is 19.6. The first-order chi connectivity index (χ1) is 14.9. The summed E-state index contributed by atoms with van der Waals surface area (Å²) in [5.41, 5.74) is 5.52. The lowest BCUT2D eigenvalue weighted by molar-refractivity contribution is 0.739. The van der Waals surface area contributed by atoms with Gasteiger partial charge < -0.3 is 4.90 Å². The molecule has 0 aliphatic carbocycles. The Morgan fingerprint density at radius 1 is 1.03 bits per heavy atom. The minimum absolute atomic E-state index is 0.185. The van der Waals surface area contributed by atoms with Crippen molar-refractivity contribution in [3.63, 3.8) is 0 Å². The van der Waals surface area contributed by atoms with Gasteiger partial charge in [-0.15, -0.1) is 0 Å². The number of rotatable bonds is 2. The smallest absolute Gasteiger partial charge is 0.264 e. The molecule has 1 N–H and O–H groups in total. The van der Waals surface area contributed by atoms with Crippen molar-refractivity contribution in [2.75, 3.05) is 4.90 Å². The molecule has 5 rings (SSSR count). The molecule has 6 nitrogen and oxygen atoms in total. The average Bonchev–Trinajstić information content (AvgIpc) is 3.05. The van der Waals surface area contributed by atoms with E-state index in [9.17, 15) is 4.79 Å². The number of aryl methyl sites for hydroxylation is 3. The van der Waals surface area contributed by atoms with E-state index in [0.29, 0.717) is 27.4 Å². The third-order valence-electron chi connectivity index (χ3n) is 5.99. The van der Waals surface area contributed by atoms with Gasteiger partial charge in [-0.25, -0.2) is 4.98 Å². The minimum Gasteiger partial charge on any atom is -0.309 e. The molecular formula is C24H23N5OS. The maximum Gasteiger partial charge on any atom is 0.264 e. The number of aromatic amines is 1. The van der Waals surface area contributed by atoms with Gasteiger partial charge in [0.25, 0.3) is 5.56 Å². The minimum atomic E-state index is -0.269. The van der Waals surface area contributed by atoms with Crippen LogP contribution in [0, 0.1) is 25.4 Å². The first-order valence-corrected chi connectivity index (χ1v) is 10.7. The highest BCUT2D eigenvalue weighted by molar-refractivity contribution is 7.71. The van der Waals surface area contributed by atoms with Gasteiger partial charge in [0.1, 0.15) is 15.9 Å². The molecule has 0 amide bonds. The number of nitrogens with zero attached hydrogens (tertiary/aromatic N) is 4. The van der Waals surface area contributed by atoms with E-state index in [1.165, 1.54) is 5.56 Å². The zero-order chi connectivity index (χ0) is 21.9. The fraction of sp³-hybridized carbons (Fsp3) is 0.250. The van der Waals surface area contributed by atoms with E-state index in [2.05, 4.69) is 28.9 Å². The van der Waals surface area contributed by atoms with Gasteiger partial charge in [-0.2, -0.15) is 4.98 Å². The highest BCUT2D eigenvalue weighted by Gasteiger charge is 2.29. The molecule has 4 aromatic rings. The van der Waals surface area contributed by atoms with Gasteiger partial charge >= 0.3 is 0 Å². The van der Waals surface area contributed by atoms with Crippen molar-refractivity contribution in [3.05, 3.63) is 80.0 Å². The molecule has 0 fully saturated rings. The number of aromatic nitrogens is 4.